The van der Waals surface area contributed by atoms with E-state index in [-0.39, 0.29) is 11.0 Å². The average molecular weight is 639 g/mol. The van der Waals surface area contributed by atoms with Gasteiger partial charge in [-0.15, -0.1) is 0 Å². The molecule has 2 heterocycles. The molecule has 4 aliphatic carbocycles. The Hall–Kier alpha value is -0.950. The van der Waals surface area contributed by atoms with Crippen LogP contribution in [-0.2, 0) is 19.8 Å². The minimum Gasteiger partial charge on any atom is -0.378 e. The van der Waals surface area contributed by atoms with Gasteiger partial charge in [0.05, 0.1) is 38.1 Å². The highest BCUT2D eigenvalue weighted by atomic mass is 35.5. The number of benzene rings is 1. The Balaban J connectivity index is 1.00. The van der Waals surface area contributed by atoms with Crippen molar-refractivity contribution in [1.82, 2.24) is 9.80 Å². The van der Waals surface area contributed by atoms with Gasteiger partial charge in [-0.25, -0.2) is 0 Å². The monoisotopic (exact) mass is 638 g/mol. The van der Waals surface area contributed by atoms with Crippen molar-refractivity contribution < 1.29 is 14.2 Å². The van der Waals surface area contributed by atoms with Crippen LogP contribution in [0.25, 0.3) is 0 Å². The highest BCUT2D eigenvalue weighted by Crippen LogP contribution is 2.70. The fourth-order valence-electron chi connectivity index (χ4n) is 11.2. The number of likely N-dealkylation sites (tertiary alicyclic amines) is 2. The molecule has 6 heteroatoms. The molecular weight excluding hydrogens is 580 g/mol. The SMILES string of the molecule is C[C@]12CCC(OCCOCCN3CCCC3)CC1=CC[C@@H]1[C@H]2CC[C@@]2(C)[C@H]1CCC2(OCCN1CCCC1)c1ccc(Cl)cc1. The van der Waals surface area contributed by atoms with Crippen LogP contribution in [0.2, 0.25) is 5.02 Å². The van der Waals surface area contributed by atoms with Crippen LogP contribution in [0.15, 0.2) is 35.9 Å². The van der Waals surface area contributed by atoms with Crippen molar-refractivity contribution in [3.8, 4) is 0 Å². The summed E-state index contributed by atoms with van der Waals surface area (Å²) >= 11 is 6.41. The van der Waals surface area contributed by atoms with Gasteiger partial charge in [-0.1, -0.05) is 49.2 Å². The van der Waals surface area contributed by atoms with Crippen molar-refractivity contribution in [1.29, 1.82) is 0 Å². The van der Waals surface area contributed by atoms with E-state index in [4.69, 9.17) is 25.8 Å². The third kappa shape index (κ3) is 6.33. The smallest absolute Gasteiger partial charge is 0.0988 e. The van der Waals surface area contributed by atoms with E-state index >= 15 is 0 Å². The predicted molar refractivity (Wildman–Crippen MR) is 183 cm³/mol. The summed E-state index contributed by atoms with van der Waals surface area (Å²) in [6.07, 6.45) is 18.1. The molecule has 2 saturated heterocycles. The van der Waals surface area contributed by atoms with Crippen molar-refractivity contribution in [3.05, 3.63) is 46.5 Å². The zero-order valence-electron chi connectivity index (χ0n) is 28.2. The molecule has 0 N–H and O–H groups in total. The molecule has 0 aromatic heterocycles. The van der Waals surface area contributed by atoms with Gasteiger partial charge in [0.2, 0.25) is 0 Å². The Bertz CT molecular complexity index is 1160. The summed E-state index contributed by atoms with van der Waals surface area (Å²) in [5.74, 6) is 2.21. The third-order valence-electron chi connectivity index (χ3n) is 13.8. The van der Waals surface area contributed by atoms with Crippen LogP contribution in [0, 0.1) is 28.6 Å². The van der Waals surface area contributed by atoms with Crippen molar-refractivity contribution in [2.45, 2.75) is 103 Å². The molecule has 2 unspecified atom stereocenters. The molecule has 0 bridgehead atoms. The number of hydrogen-bond donors (Lipinski definition) is 0. The summed E-state index contributed by atoms with van der Waals surface area (Å²) in [6.45, 7) is 15.4. The van der Waals surface area contributed by atoms with Gasteiger partial charge in [0.1, 0.15) is 0 Å². The molecule has 5 nitrogen and oxygen atoms in total. The Morgan fingerprint density at radius 3 is 2.20 bits per heavy atom. The summed E-state index contributed by atoms with van der Waals surface area (Å²) in [6, 6.07) is 8.72. The Morgan fingerprint density at radius 1 is 0.778 bits per heavy atom. The van der Waals surface area contributed by atoms with Crippen LogP contribution in [0.4, 0.5) is 0 Å². The number of ether oxygens (including phenoxy) is 3. The second-order valence-electron chi connectivity index (χ2n) is 15.9. The predicted octanol–water partition coefficient (Wildman–Crippen LogP) is 8.11. The summed E-state index contributed by atoms with van der Waals surface area (Å²) in [5.41, 5.74) is 3.29. The summed E-state index contributed by atoms with van der Waals surface area (Å²) in [4.78, 5) is 5.11. The first kappa shape index (κ1) is 32.6. The molecule has 5 fully saturated rings. The van der Waals surface area contributed by atoms with E-state index in [9.17, 15) is 0 Å². The van der Waals surface area contributed by atoms with Gasteiger partial charge in [-0.05, 0) is 144 Å². The maximum atomic E-state index is 7.23. The van der Waals surface area contributed by atoms with Crippen LogP contribution in [-0.4, -0.2) is 81.6 Å². The highest BCUT2D eigenvalue weighted by molar-refractivity contribution is 6.30. The molecule has 0 spiro atoms. The molecule has 2 aliphatic heterocycles. The quantitative estimate of drug-likeness (QED) is 0.171. The summed E-state index contributed by atoms with van der Waals surface area (Å²) in [5, 5.41) is 0.817. The van der Waals surface area contributed by atoms with Gasteiger partial charge in [0.15, 0.2) is 0 Å². The van der Waals surface area contributed by atoms with E-state index in [0.29, 0.717) is 17.4 Å². The lowest BCUT2D eigenvalue weighted by Crippen LogP contribution is -2.54. The topological polar surface area (TPSA) is 34.2 Å². The van der Waals surface area contributed by atoms with E-state index in [2.05, 4.69) is 54.0 Å². The minimum atomic E-state index is -0.222. The Kier molecular flexibility index (Phi) is 10.1. The lowest BCUT2D eigenvalue weighted by Gasteiger charge is -2.59. The first-order chi connectivity index (χ1) is 21.9. The van der Waals surface area contributed by atoms with Crippen LogP contribution in [0.1, 0.15) is 96.5 Å². The highest BCUT2D eigenvalue weighted by Gasteiger charge is 2.65. The van der Waals surface area contributed by atoms with E-state index in [1.165, 1.54) is 96.0 Å². The normalized spacial score (nSPS) is 38.6. The summed E-state index contributed by atoms with van der Waals surface area (Å²) in [7, 11) is 0. The number of fused-ring (bicyclic) bond motifs is 5. The average Bonchev–Trinajstić information content (AvgIpc) is 3.81. The molecule has 7 rings (SSSR count). The zero-order valence-corrected chi connectivity index (χ0v) is 29.0. The maximum Gasteiger partial charge on any atom is 0.0988 e. The van der Waals surface area contributed by atoms with Crippen molar-refractivity contribution in [2.75, 3.05) is 65.7 Å². The van der Waals surface area contributed by atoms with E-state index in [0.717, 1.165) is 69.2 Å². The van der Waals surface area contributed by atoms with E-state index in [1.54, 1.807) is 5.57 Å². The van der Waals surface area contributed by atoms with Crippen molar-refractivity contribution >= 4 is 11.6 Å². The Morgan fingerprint density at radius 2 is 1.47 bits per heavy atom. The first-order valence-electron chi connectivity index (χ1n) is 18.6. The van der Waals surface area contributed by atoms with Gasteiger partial charge in [0.25, 0.3) is 0 Å². The van der Waals surface area contributed by atoms with Crippen LogP contribution >= 0.6 is 11.6 Å². The lowest BCUT2D eigenvalue weighted by molar-refractivity contribution is -0.165. The largest absolute Gasteiger partial charge is 0.378 e. The standard InChI is InChI=1S/C39H59ClN2O3/c1-37-16-13-33(44-28-27-43-25-23-41-19-3-4-20-41)29-31(37)9-12-34-35(37)14-17-38(2)36(34)15-18-39(38,30-7-10-32(40)11-8-30)45-26-24-42-21-5-6-22-42/h7-11,33-36H,3-6,12-29H2,1-2H3/t33?,34-,35-,36+,37+,38+,39?/m1/s1. The first-order valence-corrected chi connectivity index (χ1v) is 19.0. The number of allylic oxidation sites excluding steroid dienone is 1. The third-order valence-corrected chi connectivity index (χ3v) is 14.0. The molecule has 250 valence electrons. The van der Waals surface area contributed by atoms with E-state index < -0.39 is 0 Å². The van der Waals surface area contributed by atoms with Crippen LogP contribution < -0.4 is 0 Å². The second kappa shape index (κ2) is 13.9. The number of nitrogens with zero attached hydrogens (tertiary/aromatic N) is 2. The molecule has 45 heavy (non-hydrogen) atoms. The van der Waals surface area contributed by atoms with E-state index in [1.807, 2.05) is 0 Å². The zero-order chi connectivity index (χ0) is 30.9. The lowest BCUT2D eigenvalue weighted by atomic mass is 9.46. The molecule has 0 amide bonds. The number of halogens is 1. The number of hydrogen-bond acceptors (Lipinski definition) is 5. The van der Waals surface area contributed by atoms with Gasteiger partial charge in [0, 0.05) is 23.5 Å². The molecule has 1 aromatic carbocycles. The van der Waals surface area contributed by atoms with Gasteiger partial charge >= 0.3 is 0 Å². The molecule has 6 aliphatic rings. The summed E-state index contributed by atoms with van der Waals surface area (Å²) < 4.78 is 19.6. The van der Waals surface area contributed by atoms with Gasteiger partial charge < -0.3 is 24.0 Å². The van der Waals surface area contributed by atoms with Crippen molar-refractivity contribution in [2.24, 2.45) is 28.6 Å². The second-order valence-corrected chi connectivity index (χ2v) is 16.3. The molecular formula is C39H59ClN2O3. The fourth-order valence-corrected chi connectivity index (χ4v) is 11.3. The fraction of sp³-hybridized carbons (Fsp3) is 0.795. The molecule has 3 saturated carbocycles. The molecule has 0 radical (unpaired) electrons. The minimum absolute atomic E-state index is 0.143. The van der Waals surface area contributed by atoms with Gasteiger partial charge in [-0.2, -0.15) is 0 Å². The molecule has 1 aromatic rings. The maximum absolute atomic E-state index is 7.23. The number of rotatable bonds is 12. The molecule has 7 atom stereocenters. The van der Waals surface area contributed by atoms with Crippen LogP contribution in [0.5, 0.6) is 0 Å². The van der Waals surface area contributed by atoms with Crippen LogP contribution in [0.3, 0.4) is 0 Å². The Labute approximate surface area is 278 Å². The van der Waals surface area contributed by atoms with Gasteiger partial charge in [-0.3, -0.25) is 0 Å². The van der Waals surface area contributed by atoms with Crippen molar-refractivity contribution in [3.63, 3.8) is 0 Å².